The molecule has 0 spiro atoms. The number of thiazole rings is 1. The molecule has 1 saturated heterocycles. The smallest absolute Gasteiger partial charge is 0.325 e. The summed E-state index contributed by atoms with van der Waals surface area (Å²) in [5.74, 6) is -0.0727. The van der Waals surface area contributed by atoms with Crippen LogP contribution in [0.25, 0.3) is 0 Å². The Morgan fingerprint density at radius 2 is 1.75 bits per heavy atom. The highest BCUT2D eigenvalue weighted by atomic mass is 35.5. The molecule has 0 bridgehead atoms. The van der Waals surface area contributed by atoms with Crippen molar-refractivity contribution < 1.29 is 18.8 Å². The lowest BCUT2D eigenvalue weighted by molar-refractivity contribution is 0.0520. The first-order valence-corrected chi connectivity index (χ1v) is 11.0. The zero-order chi connectivity index (χ0) is 22.7. The van der Waals surface area contributed by atoms with Crippen LogP contribution in [0.5, 0.6) is 0 Å². The third kappa shape index (κ3) is 4.92. The SMILES string of the molecule is Cc1nc(NC(=O)Nc2cccc(Cl)c2)sc1C(=O)N1CCN(C(=O)c2ccco2)CC1. The number of aryl methyl sites for hydroxylation is 1. The van der Waals surface area contributed by atoms with Gasteiger partial charge >= 0.3 is 6.03 Å². The first kappa shape index (κ1) is 21.8. The first-order valence-electron chi connectivity index (χ1n) is 9.84. The number of carbonyl (C=O) groups excluding carboxylic acids is 3. The van der Waals surface area contributed by atoms with E-state index >= 15 is 0 Å². The van der Waals surface area contributed by atoms with Crippen molar-refractivity contribution in [1.29, 1.82) is 0 Å². The van der Waals surface area contributed by atoms with E-state index in [0.29, 0.717) is 52.6 Å². The number of hydrogen-bond donors (Lipinski definition) is 2. The topological polar surface area (TPSA) is 108 Å². The molecule has 166 valence electrons. The number of aromatic nitrogens is 1. The number of amides is 4. The minimum Gasteiger partial charge on any atom is -0.459 e. The number of nitrogens with zero attached hydrogens (tertiary/aromatic N) is 3. The van der Waals surface area contributed by atoms with Gasteiger partial charge in [-0.2, -0.15) is 0 Å². The number of urea groups is 1. The fourth-order valence-electron chi connectivity index (χ4n) is 3.29. The van der Waals surface area contributed by atoms with Crippen LogP contribution in [0.4, 0.5) is 15.6 Å². The number of piperazine rings is 1. The zero-order valence-corrected chi connectivity index (χ0v) is 18.7. The van der Waals surface area contributed by atoms with Gasteiger partial charge in [0, 0.05) is 36.9 Å². The average Bonchev–Trinajstić information content (AvgIpc) is 3.43. The summed E-state index contributed by atoms with van der Waals surface area (Å²) in [6.45, 7) is 3.36. The molecule has 3 aromatic rings. The molecule has 0 radical (unpaired) electrons. The van der Waals surface area contributed by atoms with Crippen molar-refractivity contribution in [1.82, 2.24) is 14.8 Å². The van der Waals surface area contributed by atoms with Crippen molar-refractivity contribution in [3.63, 3.8) is 0 Å². The standard InChI is InChI=1S/C21H20ClN5O4S/c1-13-17(32-21(23-13)25-20(30)24-15-5-2-4-14(22)12-15)19(29)27-9-7-26(8-10-27)18(28)16-6-3-11-31-16/h2-6,11-12H,7-10H2,1H3,(H2,23,24,25,30). The monoisotopic (exact) mass is 473 g/mol. The second-order valence-corrected chi connectivity index (χ2v) is 8.52. The van der Waals surface area contributed by atoms with Crippen LogP contribution in [-0.4, -0.2) is 58.8 Å². The number of halogens is 1. The third-order valence-corrected chi connectivity index (χ3v) is 6.18. The van der Waals surface area contributed by atoms with E-state index in [4.69, 9.17) is 16.0 Å². The van der Waals surface area contributed by atoms with Gasteiger partial charge < -0.3 is 19.5 Å². The van der Waals surface area contributed by atoms with E-state index in [1.54, 1.807) is 53.1 Å². The summed E-state index contributed by atoms with van der Waals surface area (Å²) < 4.78 is 5.16. The minimum atomic E-state index is -0.481. The van der Waals surface area contributed by atoms with Crippen LogP contribution in [0.2, 0.25) is 5.02 Å². The fourth-order valence-corrected chi connectivity index (χ4v) is 4.41. The zero-order valence-electron chi connectivity index (χ0n) is 17.1. The van der Waals surface area contributed by atoms with Gasteiger partial charge in [0.2, 0.25) is 0 Å². The van der Waals surface area contributed by atoms with Gasteiger partial charge in [0.25, 0.3) is 11.8 Å². The summed E-state index contributed by atoms with van der Waals surface area (Å²) in [5.41, 5.74) is 1.08. The van der Waals surface area contributed by atoms with Crippen LogP contribution in [0, 0.1) is 6.92 Å². The van der Waals surface area contributed by atoms with Gasteiger partial charge in [-0.15, -0.1) is 0 Å². The third-order valence-electron chi connectivity index (χ3n) is 4.88. The van der Waals surface area contributed by atoms with Crippen molar-refractivity contribution in [2.45, 2.75) is 6.92 Å². The largest absolute Gasteiger partial charge is 0.459 e. The van der Waals surface area contributed by atoms with Crippen molar-refractivity contribution in [2.75, 3.05) is 36.8 Å². The van der Waals surface area contributed by atoms with Crippen LogP contribution in [0.15, 0.2) is 47.1 Å². The summed E-state index contributed by atoms with van der Waals surface area (Å²) in [4.78, 5) is 45.7. The Bertz CT molecular complexity index is 1140. The number of benzene rings is 1. The summed E-state index contributed by atoms with van der Waals surface area (Å²) in [6, 6.07) is 9.58. The summed E-state index contributed by atoms with van der Waals surface area (Å²) in [7, 11) is 0. The highest BCUT2D eigenvalue weighted by Gasteiger charge is 2.28. The van der Waals surface area contributed by atoms with E-state index in [0.717, 1.165) is 11.3 Å². The Hall–Kier alpha value is -3.37. The lowest BCUT2D eigenvalue weighted by Gasteiger charge is -2.34. The van der Waals surface area contributed by atoms with Crippen LogP contribution in [0.1, 0.15) is 25.9 Å². The van der Waals surface area contributed by atoms with Crippen LogP contribution in [-0.2, 0) is 0 Å². The van der Waals surface area contributed by atoms with Crippen LogP contribution >= 0.6 is 22.9 Å². The Kier molecular flexibility index (Phi) is 6.42. The molecular weight excluding hydrogens is 454 g/mol. The molecule has 3 heterocycles. The molecule has 11 heteroatoms. The molecular formula is C21H20ClN5O4S. The number of hydrogen-bond acceptors (Lipinski definition) is 6. The minimum absolute atomic E-state index is 0.173. The molecule has 32 heavy (non-hydrogen) atoms. The summed E-state index contributed by atoms with van der Waals surface area (Å²) >= 11 is 7.04. The maximum Gasteiger partial charge on any atom is 0.325 e. The molecule has 0 atom stereocenters. The highest BCUT2D eigenvalue weighted by molar-refractivity contribution is 7.17. The predicted octanol–water partition coefficient (Wildman–Crippen LogP) is 3.94. The van der Waals surface area contributed by atoms with Crippen LogP contribution < -0.4 is 10.6 Å². The quantitative estimate of drug-likeness (QED) is 0.596. The van der Waals surface area contributed by atoms with Gasteiger partial charge in [0.05, 0.1) is 12.0 Å². The number of carbonyl (C=O) groups is 3. The Balaban J connectivity index is 1.35. The van der Waals surface area contributed by atoms with E-state index in [1.807, 2.05) is 0 Å². The molecule has 1 fully saturated rings. The van der Waals surface area contributed by atoms with E-state index < -0.39 is 6.03 Å². The molecule has 9 nitrogen and oxygen atoms in total. The second kappa shape index (κ2) is 9.41. The lowest BCUT2D eigenvalue weighted by Crippen LogP contribution is -2.50. The van der Waals surface area contributed by atoms with E-state index in [1.165, 1.54) is 6.26 Å². The van der Waals surface area contributed by atoms with E-state index in [2.05, 4.69) is 15.6 Å². The number of rotatable bonds is 4. The van der Waals surface area contributed by atoms with Crippen LogP contribution in [0.3, 0.4) is 0 Å². The van der Waals surface area contributed by atoms with Gasteiger partial charge in [-0.3, -0.25) is 14.9 Å². The van der Waals surface area contributed by atoms with Crippen molar-refractivity contribution >= 4 is 51.6 Å². The molecule has 0 saturated carbocycles. The maximum atomic E-state index is 13.0. The van der Waals surface area contributed by atoms with Gasteiger partial charge in [0.1, 0.15) is 4.88 Å². The molecule has 2 aromatic heterocycles. The molecule has 0 unspecified atom stereocenters. The maximum absolute atomic E-state index is 13.0. The summed E-state index contributed by atoms with van der Waals surface area (Å²) in [6.07, 6.45) is 1.46. The number of anilines is 2. The molecule has 1 aliphatic rings. The Labute approximate surface area is 193 Å². The van der Waals surface area contributed by atoms with E-state index in [-0.39, 0.29) is 17.6 Å². The Morgan fingerprint density at radius 3 is 2.41 bits per heavy atom. The van der Waals surface area contributed by atoms with Gasteiger partial charge in [-0.05, 0) is 37.3 Å². The molecule has 1 aliphatic heterocycles. The second-order valence-electron chi connectivity index (χ2n) is 7.08. The first-order chi connectivity index (χ1) is 15.4. The van der Waals surface area contributed by atoms with Gasteiger partial charge in [0.15, 0.2) is 10.9 Å². The lowest BCUT2D eigenvalue weighted by atomic mass is 10.2. The van der Waals surface area contributed by atoms with Crippen molar-refractivity contribution in [3.8, 4) is 0 Å². The van der Waals surface area contributed by atoms with Crippen molar-refractivity contribution in [3.05, 3.63) is 64.0 Å². The Morgan fingerprint density at radius 1 is 1.03 bits per heavy atom. The average molecular weight is 474 g/mol. The molecule has 4 amide bonds. The van der Waals surface area contributed by atoms with Gasteiger partial charge in [-0.25, -0.2) is 9.78 Å². The number of nitrogens with one attached hydrogen (secondary N) is 2. The molecule has 0 aliphatic carbocycles. The predicted molar refractivity (Wildman–Crippen MR) is 121 cm³/mol. The molecule has 4 rings (SSSR count). The normalized spacial score (nSPS) is 13.7. The molecule has 2 N–H and O–H groups in total. The number of furan rings is 1. The van der Waals surface area contributed by atoms with Crippen molar-refractivity contribution in [2.24, 2.45) is 0 Å². The van der Waals surface area contributed by atoms with E-state index in [9.17, 15) is 14.4 Å². The molecule has 1 aromatic carbocycles. The van der Waals surface area contributed by atoms with Gasteiger partial charge in [-0.1, -0.05) is 29.0 Å². The fraction of sp³-hybridized carbons (Fsp3) is 0.238. The highest BCUT2D eigenvalue weighted by Crippen LogP contribution is 2.25. The summed E-state index contributed by atoms with van der Waals surface area (Å²) in [5, 5.41) is 6.14.